The van der Waals surface area contributed by atoms with Crippen molar-refractivity contribution in [2.24, 2.45) is 0 Å². The largest absolute Gasteiger partial charge is 0.0895 e. The summed E-state index contributed by atoms with van der Waals surface area (Å²) < 4.78 is 1.13. The van der Waals surface area contributed by atoms with Crippen LogP contribution in [-0.4, -0.2) is 0 Å². The summed E-state index contributed by atoms with van der Waals surface area (Å²) in [6.45, 7) is 5.86. The van der Waals surface area contributed by atoms with E-state index in [9.17, 15) is 0 Å². The van der Waals surface area contributed by atoms with Crippen molar-refractivity contribution in [3.8, 4) is 0 Å². The molecule has 0 unspecified atom stereocenters. The minimum Gasteiger partial charge on any atom is -0.0895 e. The first-order valence-electron chi connectivity index (χ1n) is 2.71. The minimum atomic E-state index is 0.811. The van der Waals surface area contributed by atoms with E-state index in [1.165, 1.54) is 5.57 Å². The van der Waals surface area contributed by atoms with Crippen LogP contribution in [0.2, 0.25) is 0 Å². The molecule has 52 valence electrons. The molecule has 0 radical (unpaired) electrons. The maximum Gasteiger partial charge on any atom is 0.0152 e. The Morgan fingerprint density at radius 2 is 1.78 bits per heavy atom. The van der Waals surface area contributed by atoms with Gasteiger partial charge in [0.05, 0.1) is 0 Å². The van der Waals surface area contributed by atoms with Crippen LogP contribution in [0.15, 0.2) is 21.2 Å². The fraction of sp³-hybridized carbons (Fsp3) is 0.429. The molecule has 0 saturated carbocycles. The molecule has 0 aromatic carbocycles. The van der Waals surface area contributed by atoms with Gasteiger partial charge in [0.15, 0.2) is 0 Å². The van der Waals surface area contributed by atoms with Gasteiger partial charge in [-0.2, -0.15) is 0 Å². The summed E-state index contributed by atoms with van der Waals surface area (Å²) in [6.07, 6.45) is 1.92. The minimum absolute atomic E-state index is 0.811. The van der Waals surface area contributed by atoms with E-state index >= 15 is 0 Å². The van der Waals surface area contributed by atoms with Gasteiger partial charge in [-0.15, -0.1) is 0 Å². The Balaban J connectivity index is 4.25. The number of rotatable bonds is 1. The summed E-state index contributed by atoms with van der Waals surface area (Å²) in [5.74, 6) is 0. The molecule has 0 aliphatic rings. The summed E-state index contributed by atoms with van der Waals surface area (Å²) in [5, 5.41) is 0.811. The second-order valence-corrected chi connectivity index (χ2v) is 3.73. The molecule has 0 N–H and O–H groups in total. The maximum absolute atomic E-state index is 5.62. The van der Waals surface area contributed by atoms with Crippen molar-refractivity contribution in [1.29, 1.82) is 0 Å². The monoisotopic (exact) mass is 208 g/mol. The molecule has 0 aliphatic carbocycles. The van der Waals surface area contributed by atoms with Gasteiger partial charge in [0, 0.05) is 5.03 Å². The van der Waals surface area contributed by atoms with Gasteiger partial charge in [-0.1, -0.05) is 27.5 Å². The molecule has 0 spiro atoms. The SMILES string of the molecule is C/C(Cl)=C\C(C)=C(/C)Br. The Bertz CT molecular complexity index is 148. The third kappa shape index (κ3) is 4.73. The predicted octanol–water partition coefficient (Wildman–Crippen LogP) is 3.82. The highest BCUT2D eigenvalue weighted by Gasteiger charge is 1.87. The molecular formula is C7H10BrCl. The zero-order chi connectivity index (χ0) is 7.44. The topological polar surface area (TPSA) is 0 Å². The third-order valence-corrected chi connectivity index (χ3v) is 1.69. The van der Waals surface area contributed by atoms with Crippen molar-refractivity contribution in [3.05, 3.63) is 21.2 Å². The van der Waals surface area contributed by atoms with Crippen LogP contribution in [0.5, 0.6) is 0 Å². The molecule has 0 atom stereocenters. The van der Waals surface area contributed by atoms with Gasteiger partial charge in [0.2, 0.25) is 0 Å². The molecule has 0 bridgehead atoms. The smallest absolute Gasteiger partial charge is 0.0152 e. The van der Waals surface area contributed by atoms with E-state index < -0.39 is 0 Å². The van der Waals surface area contributed by atoms with E-state index in [1.54, 1.807) is 0 Å². The predicted molar refractivity (Wildman–Crippen MR) is 46.9 cm³/mol. The summed E-state index contributed by atoms with van der Waals surface area (Å²) in [5.41, 5.74) is 1.17. The highest BCUT2D eigenvalue weighted by atomic mass is 79.9. The molecule has 0 saturated heterocycles. The normalized spacial score (nSPS) is 15.4. The van der Waals surface area contributed by atoms with Crippen molar-refractivity contribution in [1.82, 2.24) is 0 Å². The van der Waals surface area contributed by atoms with Crippen LogP contribution >= 0.6 is 27.5 Å². The lowest BCUT2D eigenvalue weighted by Crippen LogP contribution is -1.70. The molecule has 0 aromatic rings. The first-order valence-corrected chi connectivity index (χ1v) is 3.88. The summed E-state index contributed by atoms with van der Waals surface area (Å²) in [7, 11) is 0. The number of hydrogen-bond donors (Lipinski definition) is 0. The van der Waals surface area contributed by atoms with Crippen LogP contribution in [0.4, 0.5) is 0 Å². The zero-order valence-corrected chi connectivity index (χ0v) is 8.18. The Labute approximate surface area is 69.7 Å². The Morgan fingerprint density at radius 1 is 1.33 bits per heavy atom. The van der Waals surface area contributed by atoms with Gasteiger partial charge in [-0.25, -0.2) is 0 Å². The van der Waals surface area contributed by atoms with Gasteiger partial charge < -0.3 is 0 Å². The Kier molecular flexibility index (Phi) is 4.24. The number of hydrogen-bond acceptors (Lipinski definition) is 0. The lowest BCUT2D eigenvalue weighted by Gasteiger charge is -1.92. The second-order valence-electron chi connectivity index (χ2n) is 1.95. The first-order chi connectivity index (χ1) is 4.04. The summed E-state index contributed by atoms with van der Waals surface area (Å²) >= 11 is 8.97. The van der Waals surface area contributed by atoms with Crippen LogP contribution in [-0.2, 0) is 0 Å². The third-order valence-electron chi connectivity index (χ3n) is 0.959. The molecule has 2 heteroatoms. The van der Waals surface area contributed by atoms with Crippen molar-refractivity contribution >= 4 is 27.5 Å². The van der Waals surface area contributed by atoms with E-state index in [0.29, 0.717) is 0 Å². The molecule has 0 amide bonds. The average molecular weight is 210 g/mol. The lowest BCUT2D eigenvalue weighted by atomic mass is 10.3. The number of halogens is 2. The molecule has 9 heavy (non-hydrogen) atoms. The lowest BCUT2D eigenvalue weighted by molar-refractivity contribution is 1.43. The van der Waals surface area contributed by atoms with Crippen molar-refractivity contribution in [2.75, 3.05) is 0 Å². The molecule has 0 aliphatic heterocycles. The first kappa shape index (κ1) is 9.25. The average Bonchev–Trinajstić information content (AvgIpc) is 1.63. The van der Waals surface area contributed by atoms with E-state index in [4.69, 9.17) is 11.6 Å². The van der Waals surface area contributed by atoms with Crippen LogP contribution in [0, 0.1) is 0 Å². The van der Waals surface area contributed by atoms with Crippen LogP contribution in [0.25, 0.3) is 0 Å². The fourth-order valence-electron chi connectivity index (χ4n) is 0.398. The van der Waals surface area contributed by atoms with E-state index in [0.717, 1.165) is 9.51 Å². The van der Waals surface area contributed by atoms with Gasteiger partial charge in [0.25, 0.3) is 0 Å². The zero-order valence-electron chi connectivity index (χ0n) is 5.83. The highest BCUT2D eigenvalue weighted by molar-refractivity contribution is 9.11. The second kappa shape index (κ2) is 4.13. The van der Waals surface area contributed by atoms with Crippen molar-refractivity contribution in [2.45, 2.75) is 20.8 Å². The van der Waals surface area contributed by atoms with Crippen molar-refractivity contribution < 1.29 is 0 Å². The van der Waals surface area contributed by atoms with Gasteiger partial charge in [-0.3, -0.25) is 0 Å². The fourth-order valence-corrected chi connectivity index (χ4v) is 0.676. The van der Waals surface area contributed by atoms with E-state index in [1.807, 2.05) is 26.8 Å². The molecule has 0 aromatic heterocycles. The molecule has 0 nitrogen and oxygen atoms in total. The van der Waals surface area contributed by atoms with Crippen LogP contribution in [0.1, 0.15) is 20.8 Å². The summed E-state index contributed by atoms with van der Waals surface area (Å²) in [4.78, 5) is 0. The van der Waals surface area contributed by atoms with Gasteiger partial charge in [0.1, 0.15) is 0 Å². The molecule has 0 rings (SSSR count). The van der Waals surface area contributed by atoms with Gasteiger partial charge >= 0.3 is 0 Å². The quantitative estimate of drug-likeness (QED) is 0.576. The number of allylic oxidation sites excluding steroid dienone is 4. The Morgan fingerprint density at radius 3 is 1.89 bits per heavy atom. The van der Waals surface area contributed by atoms with E-state index in [-0.39, 0.29) is 0 Å². The van der Waals surface area contributed by atoms with Crippen molar-refractivity contribution in [3.63, 3.8) is 0 Å². The molecule has 0 heterocycles. The molecule has 0 fully saturated rings. The van der Waals surface area contributed by atoms with Crippen LogP contribution in [0.3, 0.4) is 0 Å². The van der Waals surface area contributed by atoms with Gasteiger partial charge in [-0.05, 0) is 36.9 Å². The highest BCUT2D eigenvalue weighted by Crippen LogP contribution is 2.14. The maximum atomic E-state index is 5.62. The molecular weight excluding hydrogens is 199 g/mol. The van der Waals surface area contributed by atoms with Crippen LogP contribution < -0.4 is 0 Å². The standard InChI is InChI=1S/C7H10BrCl/c1-5(7(3)8)4-6(2)9/h4H,1-3H3/b6-4+,7-5+. The summed E-state index contributed by atoms with van der Waals surface area (Å²) in [6, 6.07) is 0. The van der Waals surface area contributed by atoms with E-state index in [2.05, 4.69) is 15.9 Å². The Hall–Kier alpha value is 0.250.